The van der Waals surface area contributed by atoms with Crippen LogP contribution in [0.4, 0.5) is 13.2 Å². The van der Waals surface area contributed by atoms with Gasteiger partial charge in [-0.2, -0.15) is 13.2 Å². The Morgan fingerprint density at radius 3 is 2.06 bits per heavy atom. The van der Waals surface area contributed by atoms with Crippen molar-refractivity contribution in [2.24, 2.45) is 5.73 Å². The predicted molar refractivity (Wildman–Crippen MR) is 114 cm³/mol. The van der Waals surface area contributed by atoms with Gasteiger partial charge in [-0.05, 0) is 50.4 Å². The van der Waals surface area contributed by atoms with Gasteiger partial charge < -0.3 is 15.4 Å². The first-order chi connectivity index (χ1) is 14.5. The fraction of sp³-hybridized carbons (Fsp3) is 0.182. The third kappa shape index (κ3) is 5.49. The van der Waals surface area contributed by atoms with Gasteiger partial charge in [0.2, 0.25) is 5.91 Å². The van der Waals surface area contributed by atoms with E-state index in [0.29, 0.717) is 11.3 Å². The molecule has 2 aromatic carbocycles. The minimum absolute atomic E-state index is 0.000484. The first kappa shape index (κ1) is 24.1. The van der Waals surface area contributed by atoms with E-state index in [1.807, 2.05) is 18.4 Å². The number of benzene rings is 2. The summed E-state index contributed by atoms with van der Waals surface area (Å²) < 4.78 is 40.4. The van der Waals surface area contributed by atoms with Gasteiger partial charge in [-0.3, -0.25) is 4.79 Å². The quantitative estimate of drug-likeness (QED) is 0.527. The van der Waals surface area contributed by atoms with Crippen molar-refractivity contribution in [2.75, 3.05) is 6.26 Å². The van der Waals surface area contributed by atoms with Crippen LogP contribution in [0.1, 0.15) is 37.7 Å². The number of nitrogens with two attached hydrogens (primary N) is 1. The molecule has 164 valence electrons. The summed E-state index contributed by atoms with van der Waals surface area (Å²) in [7, 11) is 0. The number of nitrogens with zero attached hydrogens (tertiary/aromatic N) is 1. The van der Waals surface area contributed by atoms with Crippen LogP contribution in [-0.4, -0.2) is 27.8 Å². The van der Waals surface area contributed by atoms with E-state index in [9.17, 15) is 22.8 Å². The minimum Gasteiger partial charge on any atom is -0.478 e. The monoisotopic (exact) mass is 450 g/mol. The molecule has 1 heterocycles. The Balaban J connectivity index is 0.000000262. The maximum Gasteiger partial charge on any atom is 0.418 e. The fourth-order valence-corrected chi connectivity index (χ4v) is 3.71. The second-order valence-corrected chi connectivity index (χ2v) is 7.35. The molecule has 3 N–H and O–H groups in total. The third-order valence-electron chi connectivity index (χ3n) is 4.48. The van der Waals surface area contributed by atoms with E-state index in [1.165, 1.54) is 47.5 Å². The SMILES string of the molecule is CSc1ccccc1C(N)=O.Cc1cc(C(=O)O)c(C)n1-c1ccccc1C(F)(F)F. The van der Waals surface area contributed by atoms with E-state index in [-0.39, 0.29) is 22.9 Å². The van der Waals surface area contributed by atoms with Crippen molar-refractivity contribution < 1.29 is 27.9 Å². The van der Waals surface area contributed by atoms with E-state index in [0.717, 1.165) is 11.0 Å². The number of primary amides is 1. The summed E-state index contributed by atoms with van der Waals surface area (Å²) in [5.41, 5.74) is 5.59. The molecule has 31 heavy (non-hydrogen) atoms. The molecule has 1 aromatic heterocycles. The van der Waals surface area contributed by atoms with Crippen molar-refractivity contribution >= 4 is 23.6 Å². The number of carbonyl (C=O) groups excluding carboxylic acids is 1. The second kappa shape index (κ2) is 9.74. The number of hydrogen-bond acceptors (Lipinski definition) is 3. The average Bonchev–Trinajstić information content (AvgIpc) is 3.02. The molecule has 0 saturated carbocycles. The molecule has 1 amide bonds. The summed E-state index contributed by atoms with van der Waals surface area (Å²) >= 11 is 1.52. The average molecular weight is 450 g/mol. The van der Waals surface area contributed by atoms with Crippen LogP contribution in [-0.2, 0) is 6.18 Å². The number of aromatic carboxylic acids is 1. The normalized spacial score (nSPS) is 10.9. The maximum absolute atomic E-state index is 13.0. The summed E-state index contributed by atoms with van der Waals surface area (Å²) in [4.78, 5) is 22.8. The van der Waals surface area contributed by atoms with Gasteiger partial charge >= 0.3 is 12.1 Å². The maximum atomic E-state index is 13.0. The Morgan fingerprint density at radius 1 is 1.00 bits per heavy atom. The van der Waals surface area contributed by atoms with Crippen molar-refractivity contribution in [3.8, 4) is 5.69 Å². The van der Waals surface area contributed by atoms with Crippen LogP contribution in [0.2, 0.25) is 0 Å². The molecule has 0 spiro atoms. The van der Waals surface area contributed by atoms with Crippen LogP contribution in [0.3, 0.4) is 0 Å². The van der Waals surface area contributed by atoms with Gasteiger partial charge in [0.05, 0.1) is 22.4 Å². The highest BCUT2D eigenvalue weighted by atomic mass is 32.2. The molecule has 0 unspecified atom stereocenters. The molecule has 0 radical (unpaired) electrons. The molecule has 0 atom stereocenters. The summed E-state index contributed by atoms with van der Waals surface area (Å²) in [6, 6.07) is 13.8. The van der Waals surface area contributed by atoms with Crippen LogP contribution in [0, 0.1) is 13.8 Å². The highest BCUT2D eigenvalue weighted by Gasteiger charge is 2.34. The van der Waals surface area contributed by atoms with E-state index >= 15 is 0 Å². The summed E-state index contributed by atoms with van der Waals surface area (Å²) in [5, 5.41) is 9.04. The van der Waals surface area contributed by atoms with Gasteiger partial charge in [-0.15, -0.1) is 11.8 Å². The number of amides is 1. The Labute approximate surface area is 181 Å². The van der Waals surface area contributed by atoms with E-state index in [1.54, 1.807) is 19.1 Å². The number of carbonyl (C=O) groups is 2. The molecule has 0 aliphatic rings. The van der Waals surface area contributed by atoms with Gasteiger partial charge in [0.25, 0.3) is 0 Å². The first-order valence-electron chi connectivity index (χ1n) is 9.00. The van der Waals surface area contributed by atoms with Gasteiger partial charge in [0, 0.05) is 16.3 Å². The number of carboxylic acids is 1. The van der Waals surface area contributed by atoms with Crippen LogP contribution in [0.15, 0.2) is 59.5 Å². The molecular formula is C22H21F3N2O3S. The highest BCUT2D eigenvalue weighted by molar-refractivity contribution is 7.98. The number of thioether (sulfide) groups is 1. The topological polar surface area (TPSA) is 85.3 Å². The molecular weight excluding hydrogens is 429 g/mol. The van der Waals surface area contributed by atoms with Gasteiger partial charge in [0.15, 0.2) is 0 Å². The van der Waals surface area contributed by atoms with E-state index in [4.69, 9.17) is 10.8 Å². The lowest BCUT2D eigenvalue weighted by molar-refractivity contribution is -0.137. The van der Waals surface area contributed by atoms with Gasteiger partial charge in [-0.25, -0.2) is 4.79 Å². The molecule has 0 saturated heterocycles. The zero-order valence-corrected chi connectivity index (χ0v) is 17.8. The lowest BCUT2D eigenvalue weighted by Gasteiger charge is -2.16. The van der Waals surface area contributed by atoms with Crippen molar-refractivity contribution in [2.45, 2.75) is 24.9 Å². The second-order valence-electron chi connectivity index (χ2n) is 6.50. The standard InChI is InChI=1S/C14H12F3NO2.C8H9NOS/c1-8-7-10(13(19)20)9(2)18(8)12-6-4-3-5-11(12)14(15,16)17;1-11-7-5-3-2-4-6(7)8(9)10/h3-7H,1-2H3,(H,19,20);2-5H,1H3,(H2,9,10). The fourth-order valence-electron chi connectivity index (χ4n) is 3.11. The number of aryl methyl sites for hydroxylation is 1. The lowest BCUT2D eigenvalue weighted by atomic mass is 10.1. The number of aromatic nitrogens is 1. The number of halogens is 3. The van der Waals surface area contributed by atoms with Gasteiger partial charge in [0.1, 0.15) is 0 Å². The summed E-state index contributed by atoms with van der Waals surface area (Å²) in [6.45, 7) is 3.07. The Bertz CT molecular complexity index is 1110. The van der Waals surface area contributed by atoms with E-state index < -0.39 is 17.7 Å². The Kier molecular flexibility index (Phi) is 7.56. The van der Waals surface area contributed by atoms with Crippen molar-refractivity contribution in [3.63, 3.8) is 0 Å². The molecule has 0 bridgehead atoms. The smallest absolute Gasteiger partial charge is 0.418 e. The van der Waals surface area contributed by atoms with Crippen molar-refractivity contribution in [1.82, 2.24) is 4.57 Å². The molecule has 9 heteroatoms. The zero-order valence-electron chi connectivity index (χ0n) is 17.0. The number of alkyl halides is 3. The Morgan fingerprint density at radius 2 is 1.58 bits per heavy atom. The summed E-state index contributed by atoms with van der Waals surface area (Å²) in [5.74, 6) is -1.52. The van der Waals surface area contributed by atoms with Crippen LogP contribution >= 0.6 is 11.8 Å². The lowest BCUT2D eigenvalue weighted by Crippen LogP contribution is -2.12. The van der Waals surface area contributed by atoms with Crippen LogP contribution in [0.5, 0.6) is 0 Å². The number of para-hydroxylation sites is 1. The van der Waals surface area contributed by atoms with Crippen molar-refractivity contribution in [3.05, 3.63) is 82.7 Å². The number of carboxylic acid groups (broad SMARTS) is 1. The summed E-state index contributed by atoms with van der Waals surface area (Å²) in [6.07, 6.45) is -2.58. The van der Waals surface area contributed by atoms with Crippen LogP contribution in [0.25, 0.3) is 5.69 Å². The third-order valence-corrected chi connectivity index (χ3v) is 5.28. The Hall–Kier alpha value is -3.20. The number of hydrogen-bond donors (Lipinski definition) is 2. The minimum atomic E-state index is -4.50. The molecule has 5 nitrogen and oxygen atoms in total. The zero-order chi connectivity index (χ0) is 23.3. The number of rotatable bonds is 4. The van der Waals surface area contributed by atoms with E-state index in [2.05, 4.69) is 0 Å². The molecule has 0 aliphatic carbocycles. The molecule has 0 aliphatic heterocycles. The predicted octanol–water partition coefficient (Wildman–Crippen LogP) is 5.32. The molecule has 3 aromatic rings. The molecule has 3 rings (SSSR count). The highest BCUT2D eigenvalue weighted by Crippen LogP contribution is 2.35. The van der Waals surface area contributed by atoms with Gasteiger partial charge in [-0.1, -0.05) is 24.3 Å². The van der Waals surface area contributed by atoms with Crippen molar-refractivity contribution in [1.29, 1.82) is 0 Å². The first-order valence-corrected chi connectivity index (χ1v) is 10.2. The van der Waals surface area contributed by atoms with Crippen LogP contribution < -0.4 is 5.73 Å². The molecule has 0 fully saturated rings. The largest absolute Gasteiger partial charge is 0.478 e.